The highest BCUT2D eigenvalue weighted by molar-refractivity contribution is 5.80. The maximum absolute atomic E-state index is 11.1. The zero-order valence-electron chi connectivity index (χ0n) is 11.5. The van der Waals surface area contributed by atoms with Gasteiger partial charge in [-0.05, 0) is 13.8 Å². The number of hydrogen-bond acceptors (Lipinski definition) is 7. The number of ether oxygens (including phenoxy) is 1. The second-order valence-electron chi connectivity index (χ2n) is 4.77. The van der Waals surface area contributed by atoms with E-state index in [-0.39, 0.29) is 11.9 Å². The Morgan fingerprint density at radius 2 is 2.21 bits per heavy atom. The second kappa shape index (κ2) is 7.05. The average Bonchev–Trinajstić information content (AvgIpc) is 2.80. The van der Waals surface area contributed by atoms with Gasteiger partial charge < -0.3 is 25.5 Å². The highest BCUT2D eigenvalue weighted by Crippen LogP contribution is 2.15. The number of nitrogens with two attached hydrogens (primary N) is 1. The summed E-state index contributed by atoms with van der Waals surface area (Å²) >= 11 is 0. The monoisotopic (exact) mass is 271 g/mol. The predicted molar refractivity (Wildman–Crippen MR) is 69.3 cm³/mol. The molecule has 0 atom stereocenters. The fourth-order valence-electron chi connectivity index (χ4n) is 1.15. The van der Waals surface area contributed by atoms with Gasteiger partial charge in [0.25, 0.3) is 0 Å². The van der Waals surface area contributed by atoms with Crippen LogP contribution < -0.4 is 16.4 Å². The number of nitrogens with one attached hydrogen (secondary N) is 2. The molecule has 1 aromatic heterocycles. The smallest absolute Gasteiger partial charge is 0.315 e. The van der Waals surface area contributed by atoms with Crippen molar-refractivity contribution in [1.82, 2.24) is 15.5 Å². The third kappa shape index (κ3) is 5.23. The fraction of sp³-hybridized carbons (Fsp3) is 0.727. The van der Waals surface area contributed by atoms with Crippen molar-refractivity contribution in [2.75, 3.05) is 32.1 Å². The number of primary amides is 1. The van der Waals surface area contributed by atoms with E-state index in [1.807, 2.05) is 0 Å². The molecular weight excluding hydrogens is 250 g/mol. The summed E-state index contributed by atoms with van der Waals surface area (Å²) in [4.78, 5) is 11.1. The van der Waals surface area contributed by atoms with Gasteiger partial charge in [0.2, 0.25) is 11.8 Å². The molecule has 0 saturated heterocycles. The molecule has 0 aliphatic rings. The molecule has 1 rings (SSSR count). The predicted octanol–water partition coefficient (Wildman–Crippen LogP) is -0.271. The Balaban J connectivity index is 2.36. The van der Waals surface area contributed by atoms with Gasteiger partial charge in [0.15, 0.2) is 0 Å². The first-order valence-electron chi connectivity index (χ1n) is 6.01. The van der Waals surface area contributed by atoms with E-state index in [2.05, 4.69) is 20.8 Å². The van der Waals surface area contributed by atoms with E-state index >= 15 is 0 Å². The van der Waals surface area contributed by atoms with E-state index in [1.165, 1.54) is 0 Å². The Kier molecular flexibility index (Phi) is 5.71. The molecule has 0 aliphatic heterocycles. The van der Waals surface area contributed by atoms with E-state index in [0.29, 0.717) is 32.1 Å². The maximum Gasteiger partial charge on any atom is 0.315 e. The van der Waals surface area contributed by atoms with Crippen molar-refractivity contribution in [1.29, 1.82) is 0 Å². The topological polar surface area (TPSA) is 115 Å². The normalized spacial score (nSPS) is 11.5. The minimum Gasteiger partial charge on any atom is -0.407 e. The summed E-state index contributed by atoms with van der Waals surface area (Å²) in [6, 6.07) is 0.276. The van der Waals surface area contributed by atoms with E-state index in [4.69, 9.17) is 14.9 Å². The number of carbonyl (C=O) groups is 1. The summed E-state index contributed by atoms with van der Waals surface area (Å²) in [7, 11) is 1.64. The molecule has 1 heterocycles. The Bertz CT molecular complexity index is 405. The minimum absolute atomic E-state index is 0.276. The van der Waals surface area contributed by atoms with Gasteiger partial charge in [0, 0.05) is 20.2 Å². The minimum atomic E-state index is -0.675. The molecule has 0 aromatic carbocycles. The Labute approximate surface area is 112 Å². The highest BCUT2D eigenvalue weighted by atomic mass is 16.5. The molecule has 0 radical (unpaired) electrons. The van der Waals surface area contributed by atoms with Crippen LogP contribution in [0.1, 0.15) is 19.7 Å². The van der Waals surface area contributed by atoms with Crippen molar-refractivity contribution >= 4 is 11.9 Å². The van der Waals surface area contributed by atoms with Gasteiger partial charge in [-0.3, -0.25) is 4.79 Å². The van der Waals surface area contributed by atoms with Crippen LogP contribution >= 0.6 is 0 Å². The number of rotatable bonds is 9. The Hall–Kier alpha value is -1.67. The molecule has 0 fully saturated rings. The van der Waals surface area contributed by atoms with Crippen molar-refractivity contribution in [2.24, 2.45) is 11.1 Å². The van der Waals surface area contributed by atoms with Crippen molar-refractivity contribution in [2.45, 2.75) is 20.4 Å². The van der Waals surface area contributed by atoms with Crippen LogP contribution in [0.3, 0.4) is 0 Å². The number of amides is 1. The lowest BCUT2D eigenvalue weighted by Gasteiger charge is -2.19. The van der Waals surface area contributed by atoms with E-state index in [9.17, 15) is 4.79 Å². The zero-order valence-corrected chi connectivity index (χ0v) is 11.5. The molecule has 8 heteroatoms. The summed E-state index contributed by atoms with van der Waals surface area (Å²) in [5, 5.41) is 13.7. The van der Waals surface area contributed by atoms with Crippen molar-refractivity contribution in [3.05, 3.63) is 5.89 Å². The zero-order chi connectivity index (χ0) is 14.3. The maximum atomic E-state index is 11.1. The summed E-state index contributed by atoms with van der Waals surface area (Å²) in [6.07, 6.45) is 0. The summed E-state index contributed by atoms with van der Waals surface area (Å²) < 4.78 is 10.2. The average molecular weight is 271 g/mol. The summed E-state index contributed by atoms with van der Waals surface area (Å²) in [5.74, 6) is 0.0801. The number of anilines is 1. The molecule has 108 valence electrons. The van der Waals surface area contributed by atoms with Gasteiger partial charge in [-0.25, -0.2) is 0 Å². The lowest BCUT2D eigenvalue weighted by atomic mass is 9.93. The number of nitrogens with zero attached hydrogens (tertiary/aromatic N) is 2. The molecule has 0 saturated carbocycles. The summed E-state index contributed by atoms with van der Waals surface area (Å²) in [5.41, 5.74) is 4.59. The van der Waals surface area contributed by atoms with Gasteiger partial charge in [-0.15, -0.1) is 5.10 Å². The van der Waals surface area contributed by atoms with Crippen LogP contribution in [0.5, 0.6) is 0 Å². The third-order valence-corrected chi connectivity index (χ3v) is 2.57. The van der Waals surface area contributed by atoms with Crippen LogP contribution in [-0.2, 0) is 16.1 Å². The molecule has 8 nitrogen and oxygen atoms in total. The van der Waals surface area contributed by atoms with E-state index in [1.54, 1.807) is 21.0 Å². The van der Waals surface area contributed by atoms with Crippen LogP contribution in [0, 0.1) is 5.41 Å². The van der Waals surface area contributed by atoms with Gasteiger partial charge in [-0.2, -0.15) is 0 Å². The fourth-order valence-corrected chi connectivity index (χ4v) is 1.15. The Morgan fingerprint density at radius 3 is 2.84 bits per heavy atom. The van der Waals surface area contributed by atoms with Gasteiger partial charge in [0.1, 0.15) is 0 Å². The molecular formula is C11H21N5O3. The molecule has 0 bridgehead atoms. The van der Waals surface area contributed by atoms with Gasteiger partial charge in [0.05, 0.1) is 18.6 Å². The molecule has 1 amide bonds. The van der Waals surface area contributed by atoms with Crippen LogP contribution in [0.2, 0.25) is 0 Å². The van der Waals surface area contributed by atoms with Gasteiger partial charge >= 0.3 is 6.01 Å². The highest BCUT2D eigenvalue weighted by Gasteiger charge is 2.25. The van der Waals surface area contributed by atoms with Gasteiger partial charge in [-0.1, -0.05) is 5.10 Å². The SMILES string of the molecule is COCCNCc1nnc(NCC(C)(C)C(N)=O)o1. The quantitative estimate of drug-likeness (QED) is 0.529. The van der Waals surface area contributed by atoms with Crippen LogP contribution in [0.15, 0.2) is 4.42 Å². The number of methoxy groups -OCH3 is 1. The van der Waals surface area contributed by atoms with Crippen LogP contribution in [0.4, 0.5) is 6.01 Å². The standard InChI is InChI=1S/C11H21N5O3/c1-11(2,9(12)17)7-14-10-16-15-8(19-10)6-13-4-5-18-3/h13H,4-7H2,1-3H3,(H2,12,17)(H,14,16). The molecule has 0 unspecified atom stereocenters. The number of aromatic nitrogens is 2. The number of hydrogen-bond donors (Lipinski definition) is 3. The second-order valence-corrected chi connectivity index (χ2v) is 4.77. The van der Waals surface area contributed by atoms with Crippen molar-refractivity contribution in [3.63, 3.8) is 0 Å². The first-order chi connectivity index (χ1) is 8.95. The largest absolute Gasteiger partial charge is 0.407 e. The molecule has 0 spiro atoms. The molecule has 19 heavy (non-hydrogen) atoms. The third-order valence-electron chi connectivity index (χ3n) is 2.57. The first-order valence-corrected chi connectivity index (χ1v) is 6.01. The van der Waals surface area contributed by atoms with Crippen LogP contribution in [-0.4, -0.2) is 42.9 Å². The molecule has 0 aliphatic carbocycles. The lowest BCUT2D eigenvalue weighted by Crippen LogP contribution is -2.37. The lowest BCUT2D eigenvalue weighted by molar-refractivity contribution is -0.125. The van der Waals surface area contributed by atoms with Crippen LogP contribution in [0.25, 0.3) is 0 Å². The summed E-state index contributed by atoms with van der Waals surface area (Å²) in [6.45, 7) is 5.61. The van der Waals surface area contributed by atoms with Crippen molar-refractivity contribution < 1.29 is 13.9 Å². The van der Waals surface area contributed by atoms with Crippen molar-refractivity contribution in [3.8, 4) is 0 Å². The number of carbonyl (C=O) groups excluding carboxylic acids is 1. The first kappa shape index (κ1) is 15.4. The van der Waals surface area contributed by atoms with E-state index in [0.717, 1.165) is 0 Å². The molecule has 1 aromatic rings. The Morgan fingerprint density at radius 1 is 1.47 bits per heavy atom. The van der Waals surface area contributed by atoms with E-state index < -0.39 is 5.41 Å². The molecule has 4 N–H and O–H groups in total.